The fourth-order valence-electron chi connectivity index (χ4n) is 3.83. The molecule has 1 heteroatoms. The molecule has 0 heterocycles. The van der Waals surface area contributed by atoms with Crippen LogP contribution in [0.5, 0.6) is 0 Å². The highest BCUT2D eigenvalue weighted by molar-refractivity contribution is 5.91. The highest BCUT2D eigenvalue weighted by atomic mass is 16.1. The van der Waals surface area contributed by atoms with Gasteiger partial charge < -0.3 is 0 Å². The number of rotatable bonds is 0. The maximum Gasteiger partial charge on any atom is 0.144 e. The van der Waals surface area contributed by atoms with Gasteiger partial charge in [-0.3, -0.25) is 4.79 Å². The Morgan fingerprint density at radius 2 is 2.23 bits per heavy atom. The SMILES string of the molecule is C[C@@H]1CC[C@H]2[C@@H]1C(=O)[C@@H]1C=C[C@@]12C. The van der Waals surface area contributed by atoms with Crippen molar-refractivity contribution in [3.63, 3.8) is 0 Å². The van der Waals surface area contributed by atoms with E-state index in [0.29, 0.717) is 23.5 Å². The second kappa shape index (κ2) is 2.08. The Bertz CT molecular complexity index is 304. The molecule has 0 bridgehead atoms. The highest BCUT2D eigenvalue weighted by Gasteiger charge is 2.61. The molecule has 13 heavy (non-hydrogen) atoms. The zero-order valence-electron chi connectivity index (χ0n) is 8.29. The first-order chi connectivity index (χ1) is 6.14. The van der Waals surface area contributed by atoms with Crippen LogP contribution in [0.1, 0.15) is 26.7 Å². The van der Waals surface area contributed by atoms with E-state index in [0.717, 1.165) is 0 Å². The average molecular weight is 176 g/mol. The summed E-state index contributed by atoms with van der Waals surface area (Å²) in [6, 6.07) is 0. The van der Waals surface area contributed by atoms with Crippen LogP contribution in [-0.4, -0.2) is 5.78 Å². The summed E-state index contributed by atoms with van der Waals surface area (Å²) in [6.07, 6.45) is 6.93. The Balaban J connectivity index is 2.05. The minimum Gasteiger partial charge on any atom is -0.299 e. The fourth-order valence-corrected chi connectivity index (χ4v) is 3.83. The van der Waals surface area contributed by atoms with Gasteiger partial charge in [-0.1, -0.05) is 26.0 Å². The molecule has 0 aromatic carbocycles. The lowest BCUT2D eigenvalue weighted by atomic mass is 9.65. The predicted molar refractivity (Wildman–Crippen MR) is 51.1 cm³/mol. The van der Waals surface area contributed by atoms with Crippen molar-refractivity contribution in [1.82, 2.24) is 0 Å². The van der Waals surface area contributed by atoms with E-state index in [9.17, 15) is 4.79 Å². The average Bonchev–Trinajstić information content (AvgIpc) is 2.48. The number of allylic oxidation sites excluding steroid dienone is 2. The fraction of sp³-hybridized carbons (Fsp3) is 0.750. The highest BCUT2D eigenvalue weighted by Crippen LogP contribution is 2.62. The molecule has 5 atom stereocenters. The van der Waals surface area contributed by atoms with E-state index in [4.69, 9.17) is 0 Å². The van der Waals surface area contributed by atoms with Crippen LogP contribution in [0.25, 0.3) is 0 Å². The zero-order valence-corrected chi connectivity index (χ0v) is 8.29. The number of carbonyl (C=O) groups is 1. The molecule has 70 valence electrons. The largest absolute Gasteiger partial charge is 0.299 e. The van der Waals surface area contributed by atoms with E-state index >= 15 is 0 Å². The Hall–Kier alpha value is -0.590. The molecule has 2 saturated carbocycles. The number of hydrogen-bond acceptors (Lipinski definition) is 1. The molecular weight excluding hydrogens is 160 g/mol. The lowest BCUT2D eigenvalue weighted by Crippen LogP contribution is -2.33. The van der Waals surface area contributed by atoms with Crippen LogP contribution in [0.3, 0.4) is 0 Å². The summed E-state index contributed by atoms with van der Waals surface area (Å²) in [5.74, 6) is 2.53. The summed E-state index contributed by atoms with van der Waals surface area (Å²) in [5.41, 5.74) is 0.256. The number of Topliss-reactive ketones (excluding diaryl/α,β-unsaturated/α-hetero) is 1. The smallest absolute Gasteiger partial charge is 0.144 e. The van der Waals surface area contributed by atoms with Gasteiger partial charge in [-0.15, -0.1) is 0 Å². The van der Waals surface area contributed by atoms with Gasteiger partial charge in [0.2, 0.25) is 0 Å². The van der Waals surface area contributed by atoms with Crippen LogP contribution in [0.2, 0.25) is 0 Å². The summed E-state index contributed by atoms with van der Waals surface area (Å²) in [7, 11) is 0. The van der Waals surface area contributed by atoms with Crippen molar-refractivity contribution in [3.05, 3.63) is 12.2 Å². The first-order valence-electron chi connectivity index (χ1n) is 5.37. The molecule has 0 saturated heterocycles. The number of hydrogen-bond donors (Lipinski definition) is 0. The van der Waals surface area contributed by atoms with Gasteiger partial charge in [-0.2, -0.15) is 0 Å². The molecule has 0 unspecified atom stereocenters. The minimum absolute atomic E-state index is 0.256. The second-order valence-corrected chi connectivity index (χ2v) is 5.29. The summed E-state index contributed by atoms with van der Waals surface area (Å²) in [5, 5.41) is 0. The van der Waals surface area contributed by atoms with Crippen LogP contribution in [-0.2, 0) is 4.79 Å². The van der Waals surface area contributed by atoms with Crippen LogP contribution >= 0.6 is 0 Å². The Morgan fingerprint density at radius 1 is 1.46 bits per heavy atom. The second-order valence-electron chi connectivity index (χ2n) is 5.29. The van der Waals surface area contributed by atoms with E-state index in [1.807, 2.05) is 0 Å². The molecule has 0 aromatic heterocycles. The third kappa shape index (κ3) is 0.685. The minimum atomic E-state index is 0.256. The van der Waals surface area contributed by atoms with E-state index < -0.39 is 0 Å². The van der Waals surface area contributed by atoms with Crippen LogP contribution in [0.4, 0.5) is 0 Å². The van der Waals surface area contributed by atoms with Gasteiger partial charge in [0.25, 0.3) is 0 Å². The van der Waals surface area contributed by atoms with Gasteiger partial charge in [0.1, 0.15) is 5.78 Å². The summed E-state index contributed by atoms with van der Waals surface area (Å²) in [4.78, 5) is 12.0. The topological polar surface area (TPSA) is 17.1 Å². The van der Waals surface area contributed by atoms with E-state index in [1.54, 1.807) is 0 Å². The molecule has 2 fully saturated rings. The van der Waals surface area contributed by atoms with Gasteiger partial charge in [0.05, 0.1) is 0 Å². The van der Waals surface area contributed by atoms with E-state index in [-0.39, 0.29) is 11.3 Å². The van der Waals surface area contributed by atoms with Gasteiger partial charge in [-0.25, -0.2) is 0 Å². The van der Waals surface area contributed by atoms with Crippen molar-refractivity contribution < 1.29 is 4.79 Å². The van der Waals surface area contributed by atoms with Crippen molar-refractivity contribution in [3.8, 4) is 0 Å². The van der Waals surface area contributed by atoms with Crippen LogP contribution in [0, 0.1) is 29.1 Å². The zero-order chi connectivity index (χ0) is 9.22. The number of carbonyl (C=O) groups excluding carboxylic acids is 1. The van der Waals surface area contributed by atoms with Gasteiger partial charge in [-0.05, 0) is 24.7 Å². The van der Waals surface area contributed by atoms with Crippen molar-refractivity contribution in [1.29, 1.82) is 0 Å². The Labute approximate surface area is 79.2 Å². The van der Waals surface area contributed by atoms with E-state index in [1.165, 1.54) is 12.8 Å². The molecule has 1 nitrogen and oxygen atoms in total. The molecule has 3 rings (SSSR count). The molecule has 0 amide bonds. The summed E-state index contributed by atoms with van der Waals surface area (Å²) < 4.78 is 0. The van der Waals surface area contributed by atoms with Crippen LogP contribution < -0.4 is 0 Å². The predicted octanol–water partition coefficient (Wildman–Crippen LogP) is 2.42. The first kappa shape index (κ1) is 7.78. The molecule has 3 aliphatic rings. The summed E-state index contributed by atoms with van der Waals surface area (Å²) >= 11 is 0. The lowest BCUT2D eigenvalue weighted by Gasteiger charge is -2.37. The first-order valence-corrected chi connectivity index (χ1v) is 5.37. The lowest BCUT2D eigenvalue weighted by molar-refractivity contribution is -0.124. The third-order valence-electron chi connectivity index (χ3n) is 4.73. The molecule has 0 spiro atoms. The normalized spacial score (nSPS) is 57.5. The number of ketones is 1. The molecule has 0 radical (unpaired) electrons. The third-order valence-corrected chi connectivity index (χ3v) is 4.73. The van der Waals surface area contributed by atoms with Crippen molar-refractivity contribution in [2.45, 2.75) is 26.7 Å². The molecule has 0 N–H and O–H groups in total. The van der Waals surface area contributed by atoms with Gasteiger partial charge >= 0.3 is 0 Å². The Kier molecular flexibility index (Phi) is 1.24. The van der Waals surface area contributed by atoms with Gasteiger partial charge in [0, 0.05) is 17.3 Å². The van der Waals surface area contributed by atoms with Crippen molar-refractivity contribution in [2.75, 3.05) is 0 Å². The monoisotopic (exact) mass is 176 g/mol. The van der Waals surface area contributed by atoms with Crippen molar-refractivity contribution in [2.24, 2.45) is 29.1 Å². The van der Waals surface area contributed by atoms with Crippen LogP contribution in [0.15, 0.2) is 12.2 Å². The summed E-state index contributed by atoms with van der Waals surface area (Å²) in [6.45, 7) is 4.52. The van der Waals surface area contributed by atoms with E-state index in [2.05, 4.69) is 26.0 Å². The standard InChI is InChI=1S/C12H16O/c1-7-3-4-8-10(7)11(13)9-5-6-12(8,9)2/h5-10H,3-4H2,1-2H3/t7-,8+,9+,10-,12-/m1/s1. The van der Waals surface area contributed by atoms with Crippen molar-refractivity contribution >= 4 is 5.78 Å². The quantitative estimate of drug-likeness (QED) is 0.518. The molecule has 0 aliphatic heterocycles. The maximum absolute atomic E-state index is 12.0. The van der Waals surface area contributed by atoms with Gasteiger partial charge in [0.15, 0.2) is 0 Å². The molecule has 3 aliphatic carbocycles. The molecule has 0 aromatic rings. The Morgan fingerprint density at radius 3 is 2.85 bits per heavy atom. The number of fused-ring (bicyclic) bond motifs is 3. The maximum atomic E-state index is 12.0. The molecular formula is C12H16O.